The Balaban J connectivity index is 1.31. The first kappa shape index (κ1) is 23.1. The van der Waals surface area contributed by atoms with E-state index in [-0.39, 0.29) is 0 Å². The van der Waals surface area contributed by atoms with Gasteiger partial charge < -0.3 is 9.32 Å². The fourth-order valence-corrected chi connectivity index (χ4v) is 6.67. The lowest BCUT2D eigenvalue weighted by Crippen LogP contribution is -2.10. The maximum atomic E-state index is 6.45. The number of hydrogen-bond acceptors (Lipinski definition) is 2. The highest BCUT2D eigenvalue weighted by molar-refractivity contribution is 6.20. The van der Waals surface area contributed by atoms with E-state index in [4.69, 9.17) is 4.42 Å². The molecule has 0 aliphatic carbocycles. The summed E-state index contributed by atoms with van der Waals surface area (Å²) >= 11 is 0. The molecule has 8 aromatic carbocycles. The quantitative estimate of drug-likeness (QED) is 0.209. The van der Waals surface area contributed by atoms with E-state index < -0.39 is 0 Å². The summed E-state index contributed by atoms with van der Waals surface area (Å²) in [5.41, 5.74) is 5.19. The van der Waals surface area contributed by atoms with Gasteiger partial charge in [0.2, 0.25) is 0 Å². The van der Waals surface area contributed by atoms with E-state index in [1.54, 1.807) is 0 Å². The molecule has 0 fully saturated rings. The number of furan rings is 1. The zero-order valence-corrected chi connectivity index (χ0v) is 22.8. The van der Waals surface area contributed by atoms with Crippen molar-refractivity contribution in [2.45, 2.75) is 0 Å². The molecular weight excluding hydrogens is 510 g/mol. The van der Waals surface area contributed by atoms with Crippen LogP contribution >= 0.6 is 0 Å². The lowest BCUT2D eigenvalue weighted by atomic mass is 9.96. The highest BCUT2D eigenvalue weighted by Gasteiger charge is 2.19. The van der Waals surface area contributed by atoms with E-state index in [0.29, 0.717) is 0 Å². The van der Waals surface area contributed by atoms with Crippen molar-refractivity contribution in [1.82, 2.24) is 0 Å². The number of anilines is 3. The van der Waals surface area contributed by atoms with Crippen LogP contribution in [0.3, 0.4) is 0 Å². The summed E-state index contributed by atoms with van der Waals surface area (Å²) in [5.74, 6) is 0. The molecule has 0 radical (unpaired) electrons. The molecule has 1 aromatic heterocycles. The van der Waals surface area contributed by atoms with Crippen molar-refractivity contribution in [2.75, 3.05) is 4.90 Å². The smallest absolute Gasteiger partial charge is 0.143 e. The zero-order chi connectivity index (χ0) is 27.6. The Bertz CT molecular complexity index is 2470. The third-order valence-corrected chi connectivity index (χ3v) is 8.62. The molecule has 0 amide bonds. The van der Waals surface area contributed by atoms with Crippen LogP contribution in [0.25, 0.3) is 65.0 Å². The zero-order valence-electron chi connectivity index (χ0n) is 22.8. The Morgan fingerprint density at radius 3 is 1.83 bits per heavy atom. The molecule has 2 nitrogen and oxygen atoms in total. The van der Waals surface area contributed by atoms with Gasteiger partial charge >= 0.3 is 0 Å². The molecule has 196 valence electrons. The van der Waals surface area contributed by atoms with Gasteiger partial charge in [-0.2, -0.15) is 0 Å². The Hall–Kier alpha value is -5.60. The van der Waals surface area contributed by atoms with Crippen molar-refractivity contribution in [3.8, 4) is 0 Å². The lowest BCUT2D eigenvalue weighted by Gasteiger charge is -2.27. The average Bonchev–Trinajstić information content (AvgIpc) is 3.44. The summed E-state index contributed by atoms with van der Waals surface area (Å²) in [6.07, 6.45) is 0. The number of fused-ring (bicyclic) bond motifs is 10. The topological polar surface area (TPSA) is 16.4 Å². The van der Waals surface area contributed by atoms with Crippen LogP contribution in [0.2, 0.25) is 0 Å². The van der Waals surface area contributed by atoms with Gasteiger partial charge in [0.25, 0.3) is 0 Å². The molecule has 0 aliphatic heterocycles. The first-order chi connectivity index (χ1) is 20.8. The van der Waals surface area contributed by atoms with Crippen molar-refractivity contribution < 1.29 is 4.42 Å². The van der Waals surface area contributed by atoms with Crippen LogP contribution in [0.15, 0.2) is 156 Å². The van der Waals surface area contributed by atoms with Crippen LogP contribution in [0.1, 0.15) is 0 Å². The van der Waals surface area contributed by atoms with Crippen LogP contribution in [0, 0.1) is 0 Å². The second-order valence-electron chi connectivity index (χ2n) is 10.9. The molecule has 0 N–H and O–H groups in total. The van der Waals surface area contributed by atoms with Gasteiger partial charge in [-0.3, -0.25) is 0 Å². The molecule has 0 saturated heterocycles. The van der Waals surface area contributed by atoms with E-state index in [1.807, 2.05) is 0 Å². The predicted octanol–water partition coefficient (Wildman–Crippen LogP) is 11.7. The van der Waals surface area contributed by atoms with Gasteiger partial charge in [-0.05, 0) is 74.8 Å². The lowest BCUT2D eigenvalue weighted by molar-refractivity contribution is 0.672. The summed E-state index contributed by atoms with van der Waals surface area (Å²) in [6, 6.07) is 54.4. The van der Waals surface area contributed by atoms with Crippen molar-refractivity contribution in [3.05, 3.63) is 152 Å². The van der Waals surface area contributed by atoms with E-state index in [9.17, 15) is 0 Å². The van der Waals surface area contributed by atoms with E-state index >= 15 is 0 Å². The Morgan fingerprint density at radius 2 is 0.976 bits per heavy atom. The maximum Gasteiger partial charge on any atom is 0.143 e. The van der Waals surface area contributed by atoms with Gasteiger partial charge in [0.05, 0.1) is 5.69 Å². The third-order valence-electron chi connectivity index (χ3n) is 8.62. The number of para-hydroxylation sites is 1. The summed E-state index contributed by atoms with van der Waals surface area (Å²) in [5, 5.41) is 12.1. The van der Waals surface area contributed by atoms with Crippen LogP contribution in [0.5, 0.6) is 0 Å². The molecule has 0 atom stereocenters. The van der Waals surface area contributed by atoms with Crippen molar-refractivity contribution >= 4 is 82.1 Å². The Kier molecular flexibility index (Phi) is 4.93. The molecule has 0 spiro atoms. The molecule has 2 heteroatoms. The molecule has 0 saturated carbocycles. The predicted molar refractivity (Wildman–Crippen MR) is 178 cm³/mol. The van der Waals surface area contributed by atoms with Gasteiger partial charge in [-0.1, -0.05) is 109 Å². The Morgan fingerprint density at radius 1 is 0.357 bits per heavy atom. The number of rotatable bonds is 3. The van der Waals surface area contributed by atoms with Crippen molar-refractivity contribution in [1.29, 1.82) is 0 Å². The Labute approximate surface area is 242 Å². The van der Waals surface area contributed by atoms with Crippen molar-refractivity contribution in [2.24, 2.45) is 0 Å². The van der Waals surface area contributed by atoms with Crippen LogP contribution in [-0.2, 0) is 0 Å². The minimum Gasteiger partial charge on any atom is -0.455 e. The van der Waals surface area contributed by atoms with Crippen LogP contribution in [-0.4, -0.2) is 0 Å². The van der Waals surface area contributed by atoms with E-state index in [2.05, 4.69) is 157 Å². The monoisotopic (exact) mass is 535 g/mol. The van der Waals surface area contributed by atoms with Gasteiger partial charge in [0.1, 0.15) is 11.2 Å². The second-order valence-corrected chi connectivity index (χ2v) is 10.9. The molecule has 0 unspecified atom stereocenters. The first-order valence-corrected chi connectivity index (χ1v) is 14.4. The SMILES string of the molecule is c1ccc(N(c2ccc3oc4c5ccccc5ccc4c3c2)c2cccc3c2ccc2c4ccccc4ccc32)cc1. The maximum absolute atomic E-state index is 6.45. The highest BCUT2D eigenvalue weighted by atomic mass is 16.3. The van der Waals surface area contributed by atoms with Crippen LogP contribution in [0.4, 0.5) is 17.1 Å². The average molecular weight is 536 g/mol. The molecule has 0 aliphatic rings. The van der Waals surface area contributed by atoms with Gasteiger partial charge in [-0.25, -0.2) is 0 Å². The molecule has 0 bridgehead atoms. The second kappa shape index (κ2) is 8.95. The molecule has 1 heterocycles. The normalized spacial score (nSPS) is 11.8. The van der Waals surface area contributed by atoms with E-state index in [1.165, 1.54) is 37.7 Å². The van der Waals surface area contributed by atoms with Gasteiger partial charge in [0, 0.05) is 32.9 Å². The number of hydrogen-bond donors (Lipinski definition) is 0. The van der Waals surface area contributed by atoms with E-state index in [0.717, 1.165) is 44.4 Å². The minimum atomic E-state index is 0.897. The molecule has 9 aromatic rings. The van der Waals surface area contributed by atoms with Crippen molar-refractivity contribution in [3.63, 3.8) is 0 Å². The number of nitrogens with zero attached hydrogens (tertiary/aromatic N) is 1. The van der Waals surface area contributed by atoms with Gasteiger partial charge in [-0.15, -0.1) is 0 Å². The largest absolute Gasteiger partial charge is 0.455 e. The summed E-state index contributed by atoms with van der Waals surface area (Å²) in [7, 11) is 0. The fraction of sp³-hybridized carbons (Fsp3) is 0. The first-order valence-electron chi connectivity index (χ1n) is 14.4. The summed E-state index contributed by atoms with van der Waals surface area (Å²) < 4.78 is 6.45. The highest BCUT2D eigenvalue weighted by Crippen LogP contribution is 2.43. The van der Waals surface area contributed by atoms with Crippen LogP contribution < -0.4 is 4.90 Å². The summed E-state index contributed by atoms with van der Waals surface area (Å²) in [4.78, 5) is 2.37. The summed E-state index contributed by atoms with van der Waals surface area (Å²) in [6.45, 7) is 0. The molecule has 9 rings (SSSR count). The fourth-order valence-electron chi connectivity index (χ4n) is 6.67. The molecule has 42 heavy (non-hydrogen) atoms. The van der Waals surface area contributed by atoms with Gasteiger partial charge in [0.15, 0.2) is 0 Å². The standard InChI is InChI=1S/C40H25NO/c1-2-11-28(12-3-1)41(29-19-24-39-37(25-29)36-21-18-27-10-5-7-14-31(27)40(36)42-39)38-16-8-15-32-34-20-17-26-9-4-6-13-30(26)33(34)22-23-35(32)38/h1-25H. The minimum absolute atomic E-state index is 0.897. The number of benzene rings is 8. The molecular formula is C40H25NO. The third kappa shape index (κ3) is 3.39.